The van der Waals surface area contributed by atoms with Crippen LogP contribution in [-0.4, -0.2) is 14.8 Å². The van der Waals surface area contributed by atoms with Crippen LogP contribution in [0.5, 0.6) is 0 Å². The van der Waals surface area contributed by atoms with Gasteiger partial charge in [0.25, 0.3) is 0 Å². The molecule has 25 heavy (non-hydrogen) atoms. The second-order valence-corrected chi connectivity index (χ2v) is 7.30. The van der Waals surface area contributed by atoms with Crippen LogP contribution in [0.25, 0.3) is 22.5 Å². The van der Waals surface area contributed by atoms with E-state index in [1.54, 1.807) is 6.26 Å². The molecule has 0 bridgehead atoms. The van der Waals surface area contributed by atoms with Crippen LogP contribution in [0.4, 0.5) is 0 Å². The Labute approximate surface area is 147 Å². The number of nitrogens with zero attached hydrogens (tertiary/aromatic N) is 3. The summed E-state index contributed by atoms with van der Waals surface area (Å²) < 4.78 is 7.78. The van der Waals surface area contributed by atoms with E-state index in [1.165, 1.54) is 5.56 Å². The van der Waals surface area contributed by atoms with Gasteiger partial charge in [-0.05, 0) is 11.6 Å². The number of benzene rings is 2. The maximum atomic E-state index is 5.76. The maximum Gasteiger partial charge on any atom is 0.247 e. The summed E-state index contributed by atoms with van der Waals surface area (Å²) in [6.07, 6.45) is 1.74. The lowest BCUT2D eigenvalue weighted by Crippen LogP contribution is -2.11. The zero-order valence-corrected chi connectivity index (χ0v) is 14.7. The highest BCUT2D eigenvalue weighted by molar-refractivity contribution is 5.91. The number of oxazole rings is 1. The van der Waals surface area contributed by atoms with E-state index in [2.05, 4.69) is 50.0 Å². The molecule has 4 nitrogen and oxygen atoms in total. The quantitative estimate of drug-likeness (QED) is 0.528. The van der Waals surface area contributed by atoms with Gasteiger partial charge in [-0.1, -0.05) is 69.3 Å². The SMILES string of the molecule is CC(C)(C)c1coc(-c2nn(Cc3ccccc3)c3ccccc23)n1. The smallest absolute Gasteiger partial charge is 0.247 e. The Morgan fingerprint density at radius 3 is 2.40 bits per heavy atom. The maximum absolute atomic E-state index is 5.76. The van der Waals surface area contributed by atoms with Gasteiger partial charge in [0.05, 0.1) is 17.8 Å². The minimum Gasteiger partial charge on any atom is -0.443 e. The Balaban J connectivity index is 1.81. The van der Waals surface area contributed by atoms with Crippen molar-refractivity contribution in [3.05, 3.63) is 72.1 Å². The van der Waals surface area contributed by atoms with Gasteiger partial charge in [-0.15, -0.1) is 0 Å². The van der Waals surface area contributed by atoms with Gasteiger partial charge in [-0.2, -0.15) is 5.10 Å². The molecule has 0 saturated carbocycles. The third kappa shape index (κ3) is 2.95. The van der Waals surface area contributed by atoms with Crippen LogP contribution in [0.2, 0.25) is 0 Å². The first-order chi connectivity index (χ1) is 12.0. The molecule has 0 aliphatic rings. The van der Waals surface area contributed by atoms with Crippen LogP contribution < -0.4 is 0 Å². The second-order valence-electron chi connectivity index (χ2n) is 7.30. The van der Waals surface area contributed by atoms with Crippen molar-refractivity contribution in [2.45, 2.75) is 32.7 Å². The van der Waals surface area contributed by atoms with Crippen molar-refractivity contribution < 1.29 is 4.42 Å². The fourth-order valence-electron chi connectivity index (χ4n) is 2.89. The van der Waals surface area contributed by atoms with Crippen molar-refractivity contribution in [2.75, 3.05) is 0 Å². The summed E-state index contributed by atoms with van der Waals surface area (Å²) in [5.74, 6) is 0.577. The Morgan fingerprint density at radius 1 is 0.960 bits per heavy atom. The van der Waals surface area contributed by atoms with Crippen molar-refractivity contribution in [3.63, 3.8) is 0 Å². The predicted molar refractivity (Wildman–Crippen MR) is 99.5 cm³/mol. The zero-order chi connectivity index (χ0) is 17.4. The molecule has 2 aromatic carbocycles. The van der Waals surface area contributed by atoms with E-state index in [-0.39, 0.29) is 5.41 Å². The number of rotatable bonds is 3. The van der Waals surface area contributed by atoms with Crippen LogP contribution in [0, 0.1) is 0 Å². The average molecular weight is 331 g/mol. The van der Waals surface area contributed by atoms with Crippen molar-refractivity contribution in [2.24, 2.45) is 0 Å². The van der Waals surface area contributed by atoms with Crippen LogP contribution >= 0.6 is 0 Å². The minimum absolute atomic E-state index is 0.0514. The fraction of sp³-hybridized carbons (Fsp3) is 0.238. The number of aromatic nitrogens is 3. The van der Waals surface area contributed by atoms with Gasteiger partial charge in [0.15, 0.2) is 5.69 Å². The molecule has 0 N–H and O–H groups in total. The van der Waals surface area contributed by atoms with Crippen molar-refractivity contribution in [3.8, 4) is 11.6 Å². The molecule has 0 radical (unpaired) electrons. The van der Waals surface area contributed by atoms with E-state index in [1.807, 2.05) is 35.0 Å². The van der Waals surface area contributed by atoms with Crippen LogP contribution in [0.3, 0.4) is 0 Å². The topological polar surface area (TPSA) is 43.9 Å². The highest BCUT2D eigenvalue weighted by Crippen LogP contribution is 2.30. The highest BCUT2D eigenvalue weighted by Gasteiger charge is 2.22. The Hall–Kier alpha value is -2.88. The molecule has 126 valence electrons. The molecule has 0 spiro atoms. The lowest BCUT2D eigenvalue weighted by molar-refractivity contribution is 0.542. The molecule has 0 aliphatic carbocycles. The zero-order valence-electron chi connectivity index (χ0n) is 14.7. The minimum atomic E-state index is -0.0514. The predicted octanol–water partition coefficient (Wildman–Crippen LogP) is 5.04. The molecular weight excluding hydrogens is 310 g/mol. The van der Waals surface area contributed by atoms with E-state index in [4.69, 9.17) is 9.52 Å². The molecule has 2 aromatic heterocycles. The number of para-hydroxylation sites is 1. The summed E-state index contributed by atoms with van der Waals surface area (Å²) >= 11 is 0. The molecule has 0 fully saturated rings. The summed E-state index contributed by atoms with van der Waals surface area (Å²) in [5.41, 5.74) is 3.97. The van der Waals surface area contributed by atoms with Gasteiger partial charge in [0.2, 0.25) is 5.89 Å². The van der Waals surface area contributed by atoms with Gasteiger partial charge in [0, 0.05) is 10.8 Å². The molecule has 0 unspecified atom stereocenters. The summed E-state index contributed by atoms with van der Waals surface area (Å²) in [7, 11) is 0. The van der Waals surface area contributed by atoms with Gasteiger partial charge in [0.1, 0.15) is 6.26 Å². The van der Waals surface area contributed by atoms with E-state index < -0.39 is 0 Å². The molecular formula is C21H21N3O. The fourth-order valence-corrected chi connectivity index (χ4v) is 2.89. The lowest BCUT2D eigenvalue weighted by atomic mass is 9.93. The molecule has 4 heteroatoms. The van der Waals surface area contributed by atoms with E-state index in [0.29, 0.717) is 12.4 Å². The van der Waals surface area contributed by atoms with E-state index in [9.17, 15) is 0 Å². The third-order valence-corrected chi connectivity index (χ3v) is 4.31. The first kappa shape index (κ1) is 15.6. The molecule has 4 rings (SSSR count). The lowest BCUT2D eigenvalue weighted by Gasteiger charge is -2.12. The van der Waals surface area contributed by atoms with Gasteiger partial charge < -0.3 is 4.42 Å². The Morgan fingerprint density at radius 2 is 1.68 bits per heavy atom. The molecule has 4 aromatic rings. The highest BCUT2D eigenvalue weighted by atomic mass is 16.3. The number of hydrogen-bond donors (Lipinski definition) is 0. The van der Waals surface area contributed by atoms with E-state index >= 15 is 0 Å². The molecule has 0 amide bonds. The first-order valence-corrected chi connectivity index (χ1v) is 8.48. The number of hydrogen-bond acceptors (Lipinski definition) is 3. The summed E-state index contributed by atoms with van der Waals surface area (Å²) in [6, 6.07) is 18.5. The summed E-state index contributed by atoms with van der Waals surface area (Å²) in [6.45, 7) is 7.09. The van der Waals surface area contributed by atoms with Crippen LogP contribution in [-0.2, 0) is 12.0 Å². The Kier molecular flexibility index (Phi) is 3.68. The standard InChI is InChI=1S/C21H21N3O/c1-21(2,3)18-14-25-20(22-18)19-16-11-7-8-12-17(16)24(23-19)13-15-9-5-4-6-10-15/h4-12,14H,13H2,1-3H3. The Bertz CT molecular complexity index is 1010. The van der Waals surface area contributed by atoms with Crippen LogP contribution in [0.15, 0.2) is 65.3 Å². The van der Waals surface area contributed by atoms with Gasteiger partial charge >= 0.3 is 0 Å². The first-order valence-electron chi connectivity index (χ1n) is 8.48. The van der Waals surface area contributed by atoms with Crippen molar-refractivity contribution >= 4 is 10.9 Å². The largest absolute Gasteiger partial charge is 0.443 e. The number of fused-ring (bicyclic) bond motifs is 1. The second kappa shape index (κ2) is 5.88. The molecule has 0 atom stereocenters. The molecule has 2 heterocycles. The summed E-state index contributed by atoms with van der Waals surface area (Å²) in [5, 5.41) is 5.87. The molecule has 0 saturated heterocycles. The van der Waals surface area contributed by atoms with Gasteiger partial charge in [-0.25, -0.2) is 4.98 Å². The van der Waals surface area contributed by atoms with Gasteiger partial charge in [-0.3, -0.25) is 4.68 Å². The monoisotopic (exact) mass is 331 g/mol. The summed E-state index contributed by atoms with van der Waals surface area (Å²) in [4.78, 5) is 4.68. The normalized spacial score (nSPS) is 12.0. The van der Waals surface area contributed by atoms with E-state index in [0.717, 1.165) is 22.3 Å². The molecule has 0 aliphatic heterocycles. The third-order valence-electron chi connectivity index (χ3n) is 4.31. The average Bonchev–Trinajstić information content (AvgIpc) is 3.21. The van der Waals surface area contributed by atoms with Crippen molar-refractivity contribution in [1.29, 1.82) is 0 Å². The van der Waals surface area contributed by atoms with Crippen molar-refractivity contribution in [1.82, 2.24) is 14.8 Å². The van der Waals surface area contributed by atoms with Crippen LogP contribution in [0.1, 0.15) is 32.0 Å².